The van der Waals surface area contributed by atoms with Gasteiger partial charge in [0.25, 0.3) is 0 Å². The molecule has 0 bridgehead atoms. The average Bonchev–Trinajstić information content (AvgIpc) is 3.16. The van der Waals surface area contributed by atoms with Gasteiger partial charge in [-0.05, 0) is 45.0 Å². The molecule has 0 radical (unpaired) electrons. The Morgan fingerprint density at radius 3 is 2.74 bits per heavy atom. The summed E-state index contributed by atoms with van der Waals surface area (Å²) < 4.78 is 7.58. The second-order valence-corrected chi connectivity index (χ2v) is 8.00. The van der Waals surface area contributed by atoms with Gasteiger partial charge in [0.2, 0.25) is 5.95 Å². The fourth-order valence-electron chi connectivity index (χ4n) is 3.69. The third-order valence-electron chi connectivity index (χ3n) is 5.61. The second-order valence-electron chi connectivity index (χ2n) is 8.00. The van der Waals surface area contributed by atoms with E-state index in [1.165, 1.54) is 5.56 Å². The Balaban J connectivity index is 1.85. The Morgan fingerprint density at radius 1 is 1.23 bits per heavy atom. The van der Waals surface area contributed by atoms with E-state index in [4.69, 9.17) is 15.6 Å². The maximum Gasteiger partial charge on any atom is 0.222 e. The molecule has 0 saturated carbocycles. The zero-order chi connectivity index (χ0) is 22.4. The summed E-state index contributed by atoms with van der Waals surface area (Å²) in [5.74, 6) is 1.80. The summed E-state index contributed by atoms with van der Waals surface area (Å²) in [6.07, 6.45) is 5.20. The molecule has 0 spiro atoms. The fourth-order valence-corrected chi connectivity index (χ4v) is 3.69. The van der Waals surface area contributed by atoms with Gasteiger partial charge in [-0.2, -0.15) is 10.1 Å². The quantitative estimate of drug-likeness (QED) is 0.447. The van der Waals surface area contributed by atoms with Crippen molar-refractivity contribution in [3.05, 3.63) is 35.5 Å². The highest BCUT2D eigenvalue weighted by atomic mass is 16.5. The largest absolute Gasteiger partial charge is 0.496 e. The lowest BCUT2D eigenvalue weighted by Crippen LogP contribution is -2.23. The summed E-state index contributed by atoms with van der Waals surface area (Å²) in [5, 5.41) is 8.06. The molecule has 8 nitrogen and oxygen atoms in total. The van der Waals surface area contributed by atoms with Crippen LogP contribution in [0.4, 0.5) is 11.8 Å². The summed E-state index contributed by atoms with van der Waals surface area (Å²) in [7, 11) is 3.87. The van der Waals surface area contributed by atoms with Crippen LogP contribution >= 0.6 is 0 Å². The molecular formula is C23H35N7O. The third-order valence-corrected chi connectivity index (χ3v) is 5.61. The van der Waals surface area contributed by atoms with Crippen molar-refractivity contribution in [3.63, 3.8) is 0 Å². The number of unbranched alkanes of at least 4 members (excludes halogenated alkanes) is 1. The standard InChI is InChI=1S/C23H35N7O/c1-6-8-11-25-22-21-19(26-23(24)27-22)15-30(28-21)14-18-10-9-17(13-20(18)31-5)16(3)29(4)12-7-2/h9-10,13,15-16H,6-8,11-12,14H2,1-5H3,(H3,24,25,26,27)/t16-/m0/s1. The van der Waals surface area contributed by atoms with Crippen molar-refractivity contribution in [1.29, 1.82) is 0 Å². The molecule has 0 aliphatic carbocycles. The van der Waals surface area contributed by atoms with E-state index in [0.717, 1.165) is 54.7 Å². The smallest absolute Gasteiger partial charge is 0.222 e. The minimum Gasteiger partial charge on any atom is -0.496 e. The zero-order valence-electron chi connectivity index (χ0n) is 19.4. The molecule has 8 heteroatoms. The molecule has 0 fully saturated rings. The van der Waals surface area contributed by atoms with Crippen LogP contribution in [0.25, 0.3) is 11.0 Å². The van der Waals surface area contributed by atoms with Gasteiger partial charge < -0.3 is 15.8 Å². The molecule has 0 unspecified atom stereocenters. The number of fused-ring (bicyclic) bond motifs is 1. The predicted molar refractivity (Wildman–Crippen MR) is 127 cm³/mol. The normalized spacial score (nSPS) is 12.5. The number of hydrogen-bond acceptors (Lipinski definition) is 7. The number of ether oxygens (including phenoxy) is 1. The number of rotatable bonds is 11. The highest BCUT2D eigenvalue weighted by molar-refractivity contribution is 5.85. The van der Waals surface area contributed by atoms with E-state index in [1.807, 2.05) is 10.9 Å². The van der Waals surface area contributed by atoms with Crippen molar-refractivity contribution in [1.82, 2.24) is 24.6 Å². The highest BCUT2D eigenvalue weighted by Crippen LogP contribution is 2.28. The summed E-state index contributed by atoms with van der Waals surface area (Å²) in [5.41, 5.74) is 9.67. The third kappa shape index (κ3) is 5.44. The number of hydrogen-bond donors (Lipinski definition) is 2. The maximum absolute atomic E-state index is 5.90. The summed E-state index contributed by atoms with van der Waals surface area (Å²) in [4.78, 5) is 11.0. The fraction of sp³-hybridized carbons (Fsp3) is 0.522. The lowest BCUT2D eigenvalue weighted by atomic mass is 10.0. The molecule has 0 saturated heterocycles. The molecule has 1 aromatic carbocycles. The maximum atomic E-state index is 5.90. The van der Waals surface area contributed by atoms with Gasteiger partial charge in [0.1, 0.15) is 11.3 Å². The van der Waals surface area contributed by atoms with Crippen molar-refractivity contribution in [3.8, 4) is 5.75 Å². The van der Waals surface area contributed by atoms with Crippen LogP contribution in [0.1, 0.15) is 57.2 Å². The molecule has 1 atom stereocenters. The lowest BCUT2D eigenvalue weighted by Gasteiger charge is -2.25. The molecule has 31 heavy (non-hydrogen) atoms. The number of nitrogens with two attached hydrogens (primary N) is 1. The molecule has 0 aliphatic heterocycles. The van der Waals surface area contributed by atoms with Gasteiger partial charge in [-0.3, -0.25) is 9.58 Å². The number of methoxy groups -OCH3 is 1. The molecule has 3 N–H and O–H groups in total. The minimum atomic E-state index is 0.248. The Kier molecular flexibility index (Phi) is 7.68. The first-order chi connectivity index (χ1) is 15.0. The molecule has 3 aromatic rings. The van der Waals surface area contributed by atoms with Crippen molar-refractivity contribution in [2.24, 2.45) is 0 Å². The molecule has 168 valence electrons. The number of benzene rings is 1. The Morgan fingerprint density at radius 2 is 2.03 bits per heavy atom. The summed E-state index contributed by atoms with van der Waals surface area (Å²) in [6.45, 7) is 9.04. The van der Waals surface area contributed by atoms with Crippen LogP contribution in [0.2, 0.25) is 0 Å². The molecule has 2 aromatic heterocycles. The van der Waals surface area contributed by atoms with Crippen LogP contribution in [-0.2, 0) is 6.54 Å². The first-order valence-electron chi connectivity index (χ1n) is 11.1. The van der Waals surface area contributed by atoms with Crippen molar-refractivity contribution >= 4 is 22.8 Å². The van der Waals surface area contributed by atoms with E-state index in [-0.39, 0.29) is 5.95 Å². The van der Waals surface area contributed by atoms with Gasteiger partial charge in [0, 0.05) is 18.2 Å². The monoisotopic (exact) mass is 425 g/mol. The predicted octanol–water partition coefficient (Wildman–Crippen LogP) is 4.08. The van der Waals surface area contributed by atoms with Crippen LogP contribution in [0, 0.1) is 0 Å². The van der Waals surface area contributed by atoms with E-state index in [9.17, 15) is 0 Å². The number of aromatic nitrogens is 4. The van der Waals surface area contributed by atoms with Crippen LogP contribution in [0.3, 0.4) is 0 Å². The van der Waals surface area contributed by atoms with Gasteiger partial charge >= 0.3 is 0 Å². The van der Waals surface area contributed by atoms with Crippen LogP contribution in [0.5, 0.6) is 5.75 Å². The van der Waals surface area contributed by atoms with Crippen LogP contribution < -0.4 is 15.8 Å². The molecule has 0 aliphatic rings. The number of nitrogens with zero attached hydrogens (tertiary/aromatic N) is 5. The Bertz CT molecular complexity index is 1000. The number of nitrogens with one attached hydrogen (secondary N) is 1. The summed E-state index contributed by atoms with van der Waals surface area (Å²) >= 11 is 0. The van der Waals surface area contributed by atoms with E-state index < -0.39 is 0 Å². The first-order valence-corrected chi connectivity index (χ1v) is 11.1. The highest BCUT2D eigenvalue weighted by Gasteiger charge is 2.15. The summed E-state index contributed by atoms with van der Waals surface area (Å²) in [6, 6.07) is 6.75. The number of nitrogen functional groups attached to an aromatic ring is 1. The lowest BCUT2D eigenvalue weighted by molar-refractivity contribution is 0.261. The van der Waals surface area contributed by atoms with E-state index in [1.54, 1.807) is 7.11 Å². The number of anilines is 2. The zero-order valence-corrected chi connectivity index (χ0v) is 19.4. The topological polar surface area (TPSA) is 94.1 Å². The van der Waals surface area contributed by atoms with E-state index in [2.05, 4.69) is 66.2 Å². The van der Waals surface area contributed by atoms with Gasteiger partial charge in [0.05, 0.1) is 19.9 Å². The van der Waals surface area contributed by atoms with Gasteiger partial charge in [-0.25, -0.2) is 4.98 Å². The van der Waals surface area contributed by atoms with Crippen molar-refractivity contribution < 1.29 is 4.74 Å². The first kappa shape index (κ1) is 22.8. The van der Waals surface area contributed by atoms with Gasteiger partial charge in [0.15, 0.2) is 11.3 Å². The van der Waals surface area contributed by atoms with Gasteiger partial charge in [-0.1, -0.05) is 32.4 Å². The molecule has 0 amide bonds. The van der Waals surface area contributed by atoms with E-state index >= 15 is 0 Å². The molecular weight excluding hydrogens is 390 g/mol. The average molecular weight is 426 g/mol. The van der Waals surface area contributed by atoms with Gasteiger partial charge in [-0.15, -0.1) is 0 Å². The van der Waals surface area contributed by atoms with E-state index in [0.29, 0.717) is 18.4 Å². The SMILES string of the molecule is CCCCNc1nc(N)nc2cn(Cc3ccc([C@H](C)N(C)CCC)cc3OC)nc12. The Hall–Kier alpha value is -2.87. The minimum absolute atomic E-state index is 0.248. The van der Waals surface area contributed by atoms with Crippen LogP contribution in [0.15, 0.2) is 24.4 Å². The van der Waals surface area contributed by atoms with Crippen molar-refractivity contribution in [2.45, 2.75) is 52.6 Å². The van der Waals surface area contributed by atoms with Crippen molar-refractivity contribution in [2.75, 3.05) is 38.3 Å². The second kappa shape index (κ2) is 10.4. The Labute approximate surface area is 184 Å². The molecule has 2 heterocycles. The van der Waals surface area contributed by atoms with Crippen LogP contribution in [-0.4, -0.2) is 51.9 Å². The molecule has 3 rings (SSSR count).